The molecule has 2 saturated heterocycles. The van der Waals surface area contributed by atoms with E-state index in [9.17, 15) is 9.50 Å². The molecule has 2 aliphatic rings. The second-order valence-electron chi connectivity index (χ2n) is 7.46. The molecule has 1 unspecified atom stereocenters. The van der Waals surface area contributed by atoms with Gasteiger partial charge in [0.2, 0.25) is 0 Å². The number of aliphatic imine (C=N–C) groups is 1. The topological polar surface area (TPSA) is 66.3 Å². The van der Waals surface area contributed by atoms with Gasteiger partial charge >= 0.3 is 0 Å². The molecule has 156 valence electrons. The van der Waals surface area contributed by atoms with E-state index in [0.717, 1.165) is 63.4 Å². The van der Waals surface area contributed by atoms with E-state index in [1.807, 2.05) is 6.92 Å². The number of halogens is 1. The Hall–Kier alpha value is -1.86. The van der Waals surface area contributed by atoms with Crippen LogP contribution in [-0.2, 0) is 16.0 Å². The molecule has 2 N–H and O–H groups in total. The predicted octanol–water partition coefficient (Wildman–Crippen LogP) is 3.05. The molecule has 0 aliphatic carbocycles. The van der Waals surface area contributed by atoms with Crippen molar-refractivity contribution in [2.24, 2.45) is 4.99 Å². The van der Waals surface area contributed by atoms with Gasteiger partial charge in [0.25, 0.3) is 0 Å². The van der Waals surface area contributed by atoms with E-state index in [2.05, 4.69) is 15.2 Å². The van der Waals surface area contributed by atoms with E-state index < -0.39 is 5.82 Å². The van der Waals surface area contributed by atoms with Crippen LogP contribution >= 0.6 is 0 Å². The Morgan fingerprint density at radius 1 is 1.32 bits per heavy atom. The van der Waals surface area contributed by atoms with Crippen molar-refractivity contribution in [3.05, 3.63) is 29.6 Å². The maximum Gasteiger partial charge on any atom is 0.194 e. The quantitative estimate of drug-likeness (QED) is 0.574. The summed E-state index contributed by atoms with van der Waals surface area (Å²) in [6.07, 6.45) is 5.97. The number of likely N-dealkylation sites (tertiary alicyclic amines) is 1. The van der Waals surface area contributed by atoms with Gasteiger partial charge in [-0.2, -0.15) is 0 Å². The third kappa shape index (κ3) is 6.07. The molecule has 7 heteroatoms. The van der Waals surface area contributed by atoms with Gasteiger partial charge in [0.05, 0.1) is 25.4 Å². The molecule has 0 spiro atoms. The SMILES string of the molecule is CCNC(=NCc1ccc(O)c(F)c1)N1CCC(OCC2CCCCO2)CC1. The number of nitrogens with one attached hydrogen (secondary N) is 1. The van der Waals surface area contributed by atoms with Crippen molar-refractivity contribution >= 4 is 5.96 Å². The summed E-state index contributed by atoms with van der Waals surface area (Å²) in [6, 6.07) is 4.39. The maximum absolute atomic E-state index is 13.5. The summed E-state index contributed by atoms with van der Waals surface area (Å²) in [5.74, 6) is -0.108. The van der Waals surface area contributed by atoms with Gasteiger partial charge in [-0.05, 0) is 56.7 Å². The van der Waals surface area contributed by atoms with Crippen LogP contribution in [0.15, 0.2) is 23.2 Å². The summed E-state index contributed by atoms with van der Waals surface area (Å²) in [5, 5.41) is 12.6. The average Bonchev–Trinajstić information content (AvgIpc) is 2.73. The fraction of sp³-hybridized carbons (Fsp3) is 0.667. The Kier molecular flexibility index (Phi) is 7.91. The van der Waals surface area contributed by atoms with Crippen molar-refractivity contribution in [2.45, 2.75) is 57.8 Å². The first-order valence-corrected chi connectivity index (χ1v) is 10.4. The van der Waals surface area contributed by atoms with Crippen LogP contribution in [0.1, 0.15) is 44.6 Å². The second-order valence-corrected chi connectivity index (χ2v) is 7.46. The minimum Gasteiger partial charge on any atom is -0.505 e. The lowest BCUT2D eigenvalue weighted by atomic mass is 10.1. The van der Waals surface area contributed by atoms with Crippen LogP contribution < -0.4 is 5.32 Å². The molecular formula is C21H32FN3O3. The summed E-state index contributed by atoms with van der Waals surface area (Å²) in [6.45, 7) is 6.51. The zero-order chi connectivity index (χ0) is 19.8. The monoisotopic (exact) mass is 393 g/mol. The summed E-state index contributed by atoms with van der Waals surface area (Å²) >= 11 is 0. The Bertz CT molecular complexity index is 642. The molecule has 0 radical (unpaired) electrons. The van der Waals surface area contributed by atoms with Crippen LogP contribution in [0.3, 0.4) is 0 Å². The number of ether oxygens (including phenoxy) is 2. The molecule has 6 nitrogen and oxygen atoms in total. The molecule has 0 bridgehead atoms. The number of rotatable bonds is 6. The molecule has 0 aromatic heterocycles. The first-order chi connectivity index (χ1) is 13.7. The van der Waals surface area contributed by atoms with E-state index in [0.29, 0.717) is 13.2 Å². The predicted molar refractivity (Wildman–Crippen MR) is 107 cm³/mol. The van der Waals surface area contributed by atoms with Crippen LogP contribution in [0.2, 0.25) is 0 Å². The minimum atomic E-state index is -0.613. The zero-order valence-corrected chi connectivity index (χ0v) is 16.7. The highest BCUT2D eigenvalue weighted by atomic mass is 19.1. The fourth-order valence-corrected chi connectivity index (χ4v) is 3.66. The minimum absolute atomic E-state index is 0.261. The Labute approximate surface area is 166 Å². The third-order valence-corrected chi connectivity index (χ3v) is 5.29. The number of hydrogen-bond acceptors (Lipinski definition) is 4. The maximum atomic E-state index is 13.5. The highest BCUT2D eigenvalue weighted by molar-refractivity contribution is 5.80. The van der Waals surface area contributed by atoms with Crippen LogP contribution in [0, 0.1) is 5.82 Å². The zero-order valence-electron chi connectivity index (χ0n) is 16.7. The highest BCUT2D eigenvalue weighted by Gasteiger charge is 2.23. The lowest BCUT2D eigenvalue weighted by molar-refractivity contribution is -0.0721. The molecule has 28 heavy (non-hydrogen) atoms. The molecule has 0 saturated carbocycles. The summed E-state index contributed by atoms with van der Waals surface area (Å²) in [7, 11) is 0. The number of phenols is 1. The number of hydrogen-bond donors (Lipinski definition) is 2. The van der Waals surface area contributed by atoms with E-state index >= 15 is 0 Å². The molecule has 1 aromatic carbocycles. The molecule has 2 aliphatic heterocycles. The number of phenolic OH excluding ortho intramolecular Hbond substituents is 1. The normalized spacial score (nSPS) is 21.7. The first kappa shape index (κ1) is 20.9. The van der Waals surface area contributed by atoms with Crippen molar-refractivity contribution in [3.63, 3.8) is 0 Å². The molecule has 1 atom stereocenters. The van der Waals surface area contributed by atoms with Crippen LogP contribution in [0.25, 0.3) is 0 Å². The van der Waals surface area contributed by atoms with Gasteiger partial charge in [-0.1, -0.05) is 6.07 Å². The lowest BCUT2D eigenvalue weighted by Crippen LogP contribution is -2.47. The molecule has 1 aromatic rings. The summed E-state index contributed by atoms with van der Waals surface area (Å²) in [4.78, 5) is 6.88. The summed E-state index contributed by atoms with van der Waals surface area (Å²) in [5.41, 5.74) is 0.733. The van der Waals surface area contributed by atoms with Gasteiger partial charge in [0.1, 0.15) is 0 Å². The third-order valence-electron chi connectivity index (χ3n) is 5.29. The van der Waals surface area contributed by atoms with Gasteiger partial charge < -0.3 is 24.8 Å². The molecule has 3 rings (SSSR count). The summed E-state index contributed by atoms with van der Waals surface area (Å²) < 4.78 is 25.3. The molecule has 2 heterocycles. The van der Waals surface area contributed by atoms with Gasteiger partial charge in [-0.15, -0.1) is 0 Å². The van der Waals surface area contributed by atoms with Gasteiger partial charge in [0, 0.05) is 26.2 Å². The smallest absolute Gasteiger partial charge is 0.194 e. The first-order valence-electron chi connectivity index (χ1n) is 10.4. The molecule has 0 amide bonds. The number of benzene rings is 1. The van der Waals surface area contributed by atoms with E-state index in [-0.39, 0.29) is 18.0 Å². The van der Waals surface area contributed by atoms with Gasteiger partial charge in [0.15, 0.2) is 17.5 Å². The Morgan fingerprint density at radius 2 is 2.14 bits per heavy atom. The number of piperidine rings is 1. The van der Waals surface area contributed by atoms with Crippen LogP contribution in [0.4, 0.5) is 4.39 Å². The van der Waals surface area contributed by atoms with Crippen LogP contribution in [0.5, 0.6) is 5.75 Å². The van der Waals surface area contributed by atoms with Crippen molar-refractivity contribution < 1.29 is 19.0 Å². The van der Waals surface area contributed by atoms with Crippen molar-refractivity contribution in [2.75, 3.05) is 32.8 Å². The molecule has 2 fully saturated rings. The van der Waals surface area contributed by atoms with E-state index in [1.165, 1.54) is 18.6 Å². The van der Waals surface area contributed by atoms with Gasteiger partial charge in [-0.3, -0.25) is 0 Å². The average molecular weight is 394 g/mol. The highest BCUT2D eigenvalue weighted by Crippen LogP contribution is 2.19. The largest absolute Gasteiger partial charge is 0.505 e. The fourth-order valence-electron chi connectivity index (χ4n) is 3.66. The Morgan fingerprint density at radius 3 is 2.82 bits per heavy atom. The standard InChI is InChI=1S/C21H32FN3O3/c1-2-23-21(24-14-16-6-7-20(26)19(22)13-16)25-10-8-17(9-11-25)28-15-18-5-3-4-12-27-18/h6-7,13,17-18,26H,2-5,8-12,14-15H2,1H3,(H,23,24). The van der Waals surface area contributed by atoms with E-state index in [1.54, 1.807) is 6.07 Å². The Balaban J connectivity index is 1.48. The molecular weight excluding hydrogens is 361 g/mol. The number of aromatic hydroxyl groups is 1. The van der Waals surface area contributed by atoms with Crippen molar-refractivity contribution in [1.82, 2.24) is 10.2 Å². The second kappa shape index (κ2) is 10.6. The van der Waals surface area contributed by atoms with Gasteiger partial charge in [-0.25, -0.2) is 9.38 Å². The van der Waals surface area contributed by atoms with Crippen LogP contribution in [-0.4, -0.2) is 61.0 Å². The van der Waals surface area contributed by atoms with E-state index in [4.69, 9.17) is 9.47 Å². The van der Waals surface area contributed by atoms with Crippen molar-refractivity contribution in [3.8, 4) is 5.75 Å². The number of nitrogens with zero attached hydrogens (tertiary/aromatic N) is 2. The lowest BCUT2D eigenvalue weighted by Gasteiger charge is -2.35. The van der Waals surface area contributed by atoms with Crippen molar-refractivity contribution in [1.29, 1.82) is 0 Å². The number of guanidine groups is 1.